The van der Waals surface area contributed by atoms with E-state index in [1.165, 1.54) is 507 Å². The molecule has 0 aromatic carbocycles. The Morgan fingerprint density at radius 2 is 0.253 bits per heavy atom. The number of rotatable bonds is 102. The normalized spacial score (nSPS) is 12.6. The van der Waals surface area contributed by atoms with Gasteiger partial charge in [0.25, 0.3) is 0 Å². The van der Waals surface area contributed by atoms with Crippen LogP contribution in [0.5, 0.6) is 0 Å². The number of hydrogen-bond acceptors (Lipinski definition) is 8. The predicted molar refractivity (Wildman–Crippen MR) is 700 cm³/mol. The molecule has 0 saturated heterocycles. The van der Waals surface area contributed by atoms with E-state index in [0.29, 0.717) is 0 Å². The third-order valence-corrected chi connectivity index (χ3v) is 27.1. The fourth-order valence-electron chi connectivity index (χ4n) is 17.0. The molecule has 0 rings (SSSR count). The third-order valence-electron chi connectivity index (χ3n) is 27.1. The zero-order chi connectivity index (χ0) is 106. The minimum Gasteiger partial charge on any atom is -0.393 e. The Morgan fingerprint density at radius 3 is 0.420 bits per heavy atom. The Kier molecular flexibility index (Phi) is 219. The second kappa shape index (κ2) is 179. The molecule has 0 bridgehead atoms. The molecule has 0 aliphatic heterocycles. The first kappa shape index (κ1) is 183. The van der Waals surface area contributed by atoms with Gasteiger partial charge in [-0.2, -0.15) is 0 Å². The van der Waals surface area contributed by atoms with Crippen LogP contribution >= 0.6 is 0 Å². The fourth-order valence-corrected chi connectivity index (χ4v) is 17.0. The number of allylic oxidation sites excluding steroid dienone is 15. The molecule has 8 atom stereocenters. The van der Waals surface area contributed by atoms with Crippen molar-refractivity contribution < 1.29 is 40.9 Å². The summed E-state index contributed by atoms with van der Waals surface area (Å²) in [5.41, 5.74) is 0. The molecule has 0 aromatic heterocycles. The van der Waals surface area contributed by atoms with Crippen molar-refractivity contribution in [2.45, 2.75) is 823 Å². The topological polar surface area (TPSA) is 162 Å². The highest BCUT2D eigenvalue weighted by Crippen LogP contribution is 2.21. The molecule has 0 amide bonds. The minimum atomic E-state index is -0.335. The highest BCUT2D eigenvalue weighted by molar-refractivity contribution is 5.00. The van der Waals surface area contributed by atoms with Crippen molar-refractivity contribution in [3.63, 3.8) is 0 Å². The van der Waals surface area contributed by atoms with Gasteiger partial charge in [0, 0.05) is 0 Å². The number of unbranched alkanes of at least 4 members (excludes halogenated alkanes) is 69. The maximum Gasteiger partial charge on any atom is 0.0692 e. The van der Waals surface area contributed by atoms with Crippen LogP contribution in [-0.4, -0.2) is 89.7 Å². The van der Waals surface area contributed by atoms with Crippen LogP contribution in [0.4, 0.5) is 0 Å². The average Bonchev–Trinajstić information content (AvgIpc) is 1.07. The third kappa shape index (κ3) is 216. The molecule has 0 fully saturated rings. The van der Waals surface area contributed by atoms with E-state index in [1.807, 2.05) is 40.7 Å². The molecule has 0 radical (unpaired) electrons. The lowest BCUT2D eigenvalue weighted by molar-refractivity contribution is 0.156. The summed E-state index contributed by atoms with van der Waals surface area (Å²) >= 11 is 0. The van der Waals surface area contributed by atoms with Gasteiger partial charge in [-0.05, 0) is 202 Å². The van der Waals surface area contributed by atoms with Gasteiger partial charge in [-0.1, -0.05) is 669 Å². The van der Waals surface area contributed by atoms with Crippen LogP contribution in [0.3, 0.4) is 0 Å². The number of aliphatic hydroxyl groups excluding tert-OH is 8. The van der Waals surface area contributed by atoms with Crippen LogP contribution in [0.2, 0.25) is 0 Å². The molecular formula is C142H300O8. The lowest BCUT2D eigenvalue weighted by atomic mass is 10.0. The molecule has 8 nitrogen and oxygen atoms in total. The van der Waals surface area contributed by atoms with E-state index in [2.05, 4.69) is 154 Å². The quantitative estimate of drug-likeness (QED) is 0.0221. The first-order chi connectivity index (χ1) is 69.3. The Balaban J connectivity index is -0.0000000970. The molecule has 0 spiro atoms. The van der Waals surface area contributed by atoms with Crippen LogP contribution in [0.15, 0.2) is 97.2 Å². The molecule has 7 unspecified atom stereocenters. The lowest BCUT2D eigenvalue weighted by Crippen LogP contribution is -2.03. The van der Waals surface area contributed by atoms with Crippen LogP contribution in [0.1, 0.15) is 774 Å². The summed E-state index contributed by atoms with van der Waals surface area (Å²) in [4.78, 5) is 0. The fraction of sp³-hybridized carbons (Fsp3) is 0.887. The second-order valence-corrected chi connectivity index (χ2v) is 43.0. The maximum absolute atomic E-state index is 9.44. The predicted octanol–water partition coefficient (Wildman–Crippen LogP) is 49.3. The summed E-state index contributed by atoms with van der Waals surface area (Å²) in [6, 6.07) is 0. The van der Waals surface area contributed by atoms with E-state index in [9.17, 15) is 15.3 Å². The molecule has 0 aromatic rings. The van der Waals surface area contributed by atoms with Crippen LogP contribution in [0, 0.1) is 0 Å². The first-order valence-electron chi connectivity index (χ1n) is 63.9. The first-order valence-corrected chi connectivity index (χ1v) is 63.9. The van der Waals surface area contributed by atoms with Crippen molar-refractivity contribution in [3.8, 4) is 0 Å². The zero-order valence-electron chi connectivity index (χ0n) is 99.9. The van der Waals surface area contributed by atoms with Gasteiger partial charge in [-0.25, -0.2) is 0 Å². The largest absolute Gasteiger partial charge is 0.393 e. The SMILES string of the molecule is C.C.C.C.C.C.C.C.CCCC/C=C\C/C=C\C/C=C\C/C=C\C(C)O.CCCC/C=C\C/C=C\CCCCCC[C@@H](C)O.CCCCCCC/C=C\CCCCC(C)O.CCCCCCC/C=C\CCCCCC(O)CC.CCCCCCCCCCCCCC(O)CC.CCCCCCCCCCCCCCC(C)O.CCCCCCCCCCCCCCCC(O)CC.CCCCCCCCCCCCCCCCC(C)O. The van der Waals surface area contributed by atoms with Gasteiger partial charge in [0.1, 0.15) is 0 Å². The van der Waals surface area contributed by atoms with Crippen molar-refractivity contribution >= 4 is 0 Å². The molecule has 916 valence electrons. The summed E-state index contributed by atoms with van der Waals surface area (Å²) in [7, 11) is 0. The Bertz CT molecular complexity index is 2310. The Morgan fingerprint density at radius 1 is 0.133 bits per heavy atom. The van der Waals surface area contributed by atoms with Gasteiger partial charge in [0.05, 0.1) is 48.8 Å². The Hall–Kier alpha value is -2.40. The zero-order valence-corrected chi connectivity index (χ0v) is 99.9. The highest BCUT2D eigenvalue weighted by Gasteiger charge is 2.06. The molecule has 0 heterocycles. The van der Waals surface area contributed by atoms with Gasteiger partial charge >= 0.3 is 0 Å². The molecule has 0 aliphatic rings. The van der Waals surface area contributed by atoms with Crippen LogP contribution in [0.25, 0.3) is 0 Å². The van der Waals surface area contributed by atoms with Crippen molar-refractivity contribution in [1.29, 1.82) is 0 Å². The minimum absolute atomic E-state index is 0. The summed E-state index contributed by atoms with van der Waals surface area (Å²) in [5, 5.41) is 73.7. The molecule has 0 saturated carbocycles. The standard InChI is InChI=1S/2C18H38O.C17H32O.C17H28O.C17H34O.2C16H34O.C15H30O.8CH4/c1-3-4-5-6-7-8-9-10-11-12-13-14-15-16-17-18(2)19;1-3-5-6-7-8-9-10-11-12-13-14-15-16-17-18(19)4-2;2*1-3-4-5-6-7-8-9-10-11-12-13-14-15-16-17(2)18;1-3-5-6-7-8-9-10-11-12-13-14-15-16-17(18)4-2;1-3-4-5-6-7-8-9-10-11-12-13-14-15-16(2)17;1-3-5-6-7-8-9-10-11-12-13-14-15-16(17)4-2;1-3-4-5-6-7-8-9-10-11-12-13-14-15(2)16;;;;;;;;/h2*18-19H,3-17H2,1-2H3;6-7,9-10,17-18H,3-5,8,11-16H2,1-2H3;6-7,9-10,12-13,15-18H,3-5,8,11,14H2,1-2H3;10-11,17-18H,3-9,12-16H2,1-2H3;2*16-17H,3-15H2,1-2H3;9-10,15-16H,3-8,11-14H2,1-2H3;8*1H4/b;;7-6-,10-9-;7-6-,10-9-,13-12-,16-15-;11-10-;;;10-9-;;;;;;;;/t;;17-;;;;;;;;;;;;;/m..1............./s1. The van der Waals surface area contributed by atoms with Crippen LogP contribution < -0.4 is 0 Å². The van der Waals surface area contributed by atoms with Crippen LogP contribution in [-0.2, 0) is 0 Å². The van der Waals surface area contributed by atoms with E-state index < -0.39 is 0 Å². The van der Waals surface area contributed by atoms with E-state index in [1.54, 1.807) is 13.0 Å². The van der Waals surface area contributed by atoms with Crippen molar-refractivity contribution in [2.75, 3.05) is 0 Å². The molecule has 8 heteroatoms. The summed E-state index contributed by atoms with van der Waals surface area (Å²) < 4.78 is 0. The molecule has 150 heavy (non-hydrogen) atoms. The number of hydrogen-bond donors (Lipinski definition) is 8. The average molecular weight is 2140 g/mol. The Labute approximate surface area is 954 Å². The number of aliphatic hydroxyl groups is 8. The van der Waals surface area contributed by atoms with Crippen molar-refractivity contribution in [2.24, 2.45) is 0 Å². The second-order valence-electron chi connectivity index (χ2n) is 43.0. The summed E-state index contributed by atoms with van der Waals surface area (Å²) in [5.74, 6) is 0. The van der Waals surface area contributed by atoms with Gasteiger partial charge in [0.15, 0.2) is 0 Å². The van der Waals surface area contributed by atoms with Crippen molar-refractivity contribution in [1.82, 2.24) is 0 Å². The van der Waals surface area contributed by atoms with Gasteiger partial charge in [0.2, 0.25) is 0 Å². The summed E-state index contributed by atoms with van der Waals surface area (Å²) in [6.07, 6.45) is 156. The molecule has 8 N–H and O–H groups in total. The van der Waals surface area contributed by atoms with E-state index in [4.69, 9.17) is 25.5 Å². The van der Waals surface area contributed by atoms with E-state index >= 15 is 0 Å². The summed E-state index contributed by atoms with van der Waals surface area (Å²) in [6.45, 7) is 33.5. The van der Waals surface area contributed by atoms with E-state index in [0.717, 1.165) is 96.3 Å². The highest BCUT2D eigenvalue weighted by atomic mass is 16.3. The maximum atomic E-state index is 9.44. The molecule has 0 aliphatic carbocycles. The lowest BCUT2D eigenvalue weighted by Gasteiger charge is -2.06. The van der Waals surface area contributed by atoms with Gasteiger partial charge in [-0.3, -0.25) is 0 Å². The van der Waals surface area contributed by atoms with Gasteiger partial charge < -0.3 is 40.9 Å². The monoisotopic (exact) mass is 2130 g/mol. The van der Waals surface area contributed by atoms with E-state index in [-0.39, 0.29) is 108 Å². The smallest absolute Gasteiger partial charge is 0.0692 e. The molecular weight excluding hydrogens is 1830 g/mol. The van der Waals surface area contributed by atoms with Gasteiger partial charge in [-0.15, -0.1) is 0 Å². The van der Waals surface area contributed by atoms with Crippen molar-refractivity contribution in [3.05, 3.63) is 97.2 Å².